The number of hydrogen-bond donors (Lipinski definition) is 1. The van der Waals surface area contributed by atoms with Crippen molar-refractivity contribution in [1.82, 2.24) is 20.3 Å². The number of aryl methyl sites for hydroxylation is 1. The van der Waals surface area contributed by atoms with Gasteiger partial charge < -0.3 is 10.1 Å². The van der Waals surface area contributed by atoms with Gasteiger partial charge in [0.25, 0.3) is 0 Å². The molecular formula is C18H24N4OS. The summed E-state index contributed by atoms with van der Waals surface area (Å²) in [5, 5.41) is 12.3. The second-order valence-corrected chi connectivity index (χ2v) is 8.60. The zero-order chi connectivity index (χ0) is 16.3. The Morgan fingerprint density at radius 1 is 1.42 bits per heavy atom. The van der Waals surface area contributed by atoms with E-state index in [1.54, 1.807) is 10.4 Å². The standard InChI is InChI=1S/C18H24N4OS/c1-11-16(20-21-22(11)2)14-10-18(6-7-19-14)17-13(5-8-23-18)9-15(24-17)12-3-4-12/h9,12,14,19H,3-8,10H2,1-2H3/t14-,18?/m0/s1. The molecule has 6 heteroatoms. The first-order chi connectivity index (χ1) is 11.7. The Morgan fingerprint density at radius 3 is 3.04 bits per heavy atom. The highest BCUT2D eigenvalue weighted by atomic mass is 32.1. The third kappa shape index (κ3) is 2.27. The van der Waals surface area contributed by atoms with E-state index < -0.39 is 0 Å². The van der Waals surface area contributed by atoms with Crippen molar-refractivity contribution < 1.29 is 4.74 Å². The first-order valence-electron chi connectivity index (χ1n) is 9.03. The third-order valence-corrected chi connectivity index (χ3v) is 7.42. The van der Waals surface area contributed by atoms with Gasteiger partial charge in [0.1, 0.15) is 11.3 Å². The molecule has 3 aliphatic rings. The second-order valence-electron chi connectivity index (χ2n) is 7.51. The molecule has 1 N–H and O–H groups in total. The molecule has 0 bridgehead atoms. The molecule has 1 unspecified atom stereocenters. The number of ether oxygens (including phenoxy) is 1. The van der Waals surface area contributed by atoms with Gasteiger partial charge in [0.05, 0.1) is 18.3 Å². The van der Waals surface area contributed by atoms with Crippen LogP contribution < -0.4 is 5.32 Å². The van der Waals surface area contributed by atoms with Crippen LogP contribution in [0, 0.1) is 6.92 Å². The molecule has 2 fully saturated rings. The fraction of sp³-hybridized carbons (Fsp3) is 0.667. The Morgan fingerprint density at radius 2 is 2.29 bits per heavy atom. The van der Waals surface area contributed by atoms with Crippen molar-refractivity contribution >= 4 is 11.3 Å². The summed E-state index contributed by atoms with van der Waals surface area (Å²) in [6.45, 7) is 3.92. The number of piperidine rings is 1. The van der Waals surface area contributed by atoms with Crippen molar-refractivity contribution in [1.29, 1.82) is 0 Å². The number of nitrogens with zero attached hydrogens (tertiary/aromatic N) is 3. The molecule has 1 saturated heterocycles. The molecule has 1 aliphatic carbocycles. The molecular weight excluding hydrogens is 320 g/mol. The molecule has 2 aromatic rings. The van der Waals surface area contributed by atoms with Gasteiger partial charge >= 0.3 is 0 Å². The average Bonchev–Trinajstić information content (AvgIpc) is 3.25. The van der Waals surface area contributed by atoms with Crippen LogP contribution in [0.1, 0.15) is 64.3 Å². The number of rotatable bonds is 2. The molecule has 5 rings (SSSR count). The maximum Gasteiger partial charge on any atom is 0.106 e. The highest BCUT2D eigenvalue weighted by Crippen LogP contribution is 2.52. The Bertz CT molecular complexity index is 778. The van der Waals surface area contributed by atoms with E-state index in [-0.39, 0.29) is 11.6 Å². The van der Waals surface area contributed by atoms with Gasteiger partial charge in [-0.15, -0.1) is 16.4 Å². The highest BCUT2D eigenvalue weighted by molar-refractivity contribution is 7.12. The first-order valence-corrected chi connectivity index (χ1v) is 9.84. The predicted molar refractivity (Wildman–Crippen MR) is 93.3 cm³/mol. The molecule has 1 saturated carbocycles. The molecule has 0 aromatic carbocycles. The molecule has 2 aromatic heterocycles. The van der Waals surface area contributed by atoms with E-state index in [9.17, 15) is 0 Å². The summed E-state index contributed by atoms with van der Waals surface area (Å²) in [6.07, 6.45) is 5.83. The van der Waals surface area contributed by atoms with Gasteiger partial charge in [-0.3, -0.25) is 4.68 Å². The molecule has 2 aliphatic heterocycles. The monoisotopic (exact) mass is 344 g/mol. The maximum atomic E-state index is 6.46. The van der Waals surface area contributed by atoms with Crippen LogP contribution in [0.3, 0.4) is 0 Å². The Kier molecular flexibility index (Phi) is 3.37. The summed E-state index contributed by atoms with van der Waals surface area (Å²) < 4.78 is 8.32. The SMILES string of the molecule is Cc1c([C@@H]2CC3(CCN2)OCCc2cc(C4CC4)sc23)nnn1C. The minimum absolute atomic E-state index is 0.120. The van der Waals surface area contributed by atoms with Crippen LogP contribution in [-0.4, -0.2) is 28.1 Å². The van der Waals surface area contributed by atoms with E-state index in [4.69, 9.17) is 4.74 Å². The second kappa shape index (κ2) is 5.38. The van der Waals surface area contributed by atoms with Crippen LogP contribution in [-0.2, 0) is 23.8 Å². The minimum Gasteiger partial charge on any atom is -0.369 e. The van der Waals surface area contributed by atoms with Crippen LogP contribution in [0.25, 0.3) is 0 Å². The summed E-state index contributed by atoms with van der Waals surface area (Å²) in [7, 11) is 1.96. The Balaban J connectivity index is 1.50. The van der Waals surface area contributed by atoms with Gasteiger partial charge in [0.2, 0.25) is 0 Å². The number of nitrogens with one attached hydrogen (secondary N) is 1. The van der Waals surface area contributed by atoms with Crippen LogP contribution in [0.4, 0.5) is 0 Å². The van der Waals surface area contributed by atoms with Gasteiger partial charge in [0, 0.05) is 23.2 Å². The Labute approximate surface area is 146 Å². The lowest BCUT2D eigenvalue weighted by molar-refractivity contribution is -0.0872. The first kappa shape index (κ1) is 15.0. The fourth-order valence-electron chi connectivity index (χ4n) is 4.24. The van der Waals surface area contributed by atoms with Gasteiger partial charge in [-0.25, -0.2) is 0 Å². The van der Waals surface area contributed by atoms with Gasteiger partial charge in [-0.05, 0) is 56.7 Å². The molecule has 24 heavy (non-hydrogen) atoms. The van der Waals surface area contributed by atoms with Crippen molar-refractivity contribution in [3.8, 4) is 0 Å². The van der Waals surface area contributed by atoms with Crippen LogP contribution >= 0.6 is 11.3 Å². The van der Waals surface area contributed by atoms with Crippen molar-refractivity contribution in [2.45, 2.75) is 56.6 Å². The van der Waals surface area contributed by atoms with Gasteiger partial charge in [-0.1, -0.05) is 5.21 Å². The number of aromatic nitrogens is 3. The van der Waals surface area contributed by atoms with E-state index in [1.807, 2.05) is 23.1 Å². The van der Waals surface area contributed by atoms with Crippen molar-refractivity contribution in [3.05, 3.63) is 32.8 Å². The van der Waals surface area contributed by atoms with E-state index in [1.165, 1.54) is 17.7 Å². The molecule has 128 valence electrons. The summed E-state index contributed by atoms with van der Waals surface area (Å²) in [5.74, 6) is 0.831. The molecule has 1 spiro atoms. The van der Waals surface area contributed by atoms with E-state index in [0.29, 0.717) is 0 Å². The average molecular weight is 344 g/mol. The van der Waals surface area contributed by atoms with Crippen LogP contribution in [0.2, 0.25) is 0 Å². The van der Waals surface area contributed by atoms with Crippen LogP contribution in [0.5, 0.6) is 0 Å². The molecule has 0 radical (unpaired) electrons. The Hall–Kier alpha value is -1.24. The topological polar surface area (TPSA) is 52.0 Å². The quantitative estimate of drug-likeness (QED) is 0.910. The van der Waals surface area contributed by atoms with Crippen LogP contribution in [0.15, 0.2) is 6.07 Å². The van der Waals surface area contributed by atoms with Crippen molar-refractivity contribution in [2.75, 3.05) is 13.2 Å². The predicted octanol–water partition coefficient (Wildman–Crippen LogP) is 2.96. The molecule has 2 atom stereocenters. The summed E-state index contributed by atoms with van der Waals surface area (Å²) in [4.78, 5) is 3.10. The zero-order valence-corrected chi connectivity index (χ0v) is 15.2. The third-order valence-electron chi connectivity index (χ3n) is 5.90. The lowest BCUT2D eigenvalue weighted by Crippen LogP contribution is -2.45. The molecule has 5 nitrogen and oxygen atoms in total. The molecule has 0 amide bonds. The van der Waals surface area contributed by atoms with E-state index in [2.05, 4.69) is 28.6 Å². The summed E-state index contributed by atoms with van der Waals surface area (Å²) in [5.41, 5.74) is 3.65. The zero-order valence-electron chi connectivity index (χ0n) is 14.3. The lowest BCUT2D eigenvalue weighted by atomic mass is 9.81. The van der Waals surface area contributed by atoms with Gasteiger partial charge in [-0.2, -0.15) is 0 Å². The number of hydrogen-bond acceptors (Lipinski definition) is 5. The fourth-order valence-corrected chi connectivity index (χ4v) is 5.80. The normalized spacial score (nSPS) is 29.8. The lowest BCUT2D eigenvalue weighted by Gasteiger charge is -2.43. The summed E-state index contributed by atoms with van der Waals surface area (Å²) >= 11 is 2.02. The number of fused-ring (bicyclic) bond motifs is 2. The van der Waals surface area contributed by atoms with E-state index >= 15 is 0 Å². The van der Waals surface area contributed by atoms with Crippen molar-refractivity contribution in [2.24, 2.45) is 7.05 Å². The smallest absolute Gasteiger partial charge is 0.106 e. The summed E-state index contributed by atoms with van der Waals surface area (Å²) in [6, 6.07) is 2.71. The van der Waals surface area contributed by atoms with E-state index in [0.717, 1.165) is 49.7 Å². The molecule has 4 heterocycles. The largest absolute Gasteiger partial charge is 0.369 e. The highest BCUT2D eigenvalue weighted by Gasteiger charge is 2.45. The van der Waals surface area contributed by atoms with Gasteiger partial charge in [0.15, 0.2) is 0 Å². The van der Waals surface area contributed by atoms with Crippen molar-refractivity contribution in [3.63, 3.8) is 0 Å². The maximum absolute atomic E-state index is 6.46. The number of thiophene rings is 1. The minimum atomic E-state index is -0.120.